The third-order valence-electron chi connectivity index (χ3n) is 5.73. The number of phenolic OH excluding ortho intramolecular Hbond substituents is 1. The molecule has 0 fully saturated rings. The van der Waals surface area contributed by atoms with Crippen molar-refractivity contribution >= 4 is 63.8 Å². The van der Waals surface area contributed by atoms with Crippen LogP contribution in [0, 0.1) is 5.82 Å². The van der Waals surface area contributed by atoms with Gasteiger partial charge in [-0.25, -0.2) is 9.82 Å². The highest BCUT2D eigenvalue weighted by molar-refractivity contribution is 7.98. The van der Waals surface area contributed by atoms with E-state index in [0.717, 1.165) is 16.3 Å². The molecular weight excluding hydrogens is 576 g/mol. The Morgan fingerprint density at radius 1 is 1.00 bits per heavy atom. The van der Waals surface area contributed by atoms with Gasteiger partial charge in [0.1, 0.15) is 17.3 Å². The van der Waals surface area contributed by atoms with Gasteiger partial charge in [-0.15, -0.1) is 0 Å². The largest absolute Gasteiger partial charge is 0.506 e. The number of thioether (sulfide) groups is 1. The van der Waals surface area contributed by atoms with Crippen LogP contribution in [0.25, 0.3) is 10.8 Å². The molecule has 0 aliphatic carbocycles. The van der Waals surface area contributed by atoms with Crippen molar-refractivity contribution in [2.24, 2.45) is 5.10 Å². The van der Waals surface area contributed by atoms with Gasteiger partial charge in [-0.05, 0) is 47.9 Å². The minimum absolute atomic E-state index is 0.0656. The lowest BCUT2D eigenvalue weighted by Crippen LogP contribution is -2.30. The third kappa shape index (κ3) is 7.65. The van der Waals surface area contributed by atoms with Crippen molar-refractivity contribution in [2.75, 3.05) is 18.9 Å². The molecule has 4 rings (SSSR count). The van der Waals surface area contributed by atoms with Crippen molar-refractivity contribution < 1.29 is 23.8 Å². The molecule has 0 aliphatic rings. The van der Waals surface area contributed by atoms with Gasteiger partial charge in [0.05, 0.1) is 11.2 Å². The Hall–Kier alpha value is -3.79. The number of hydrogen-bond acceptors (Lipinski definition) is 6. The number of fused-ring (bicyclic) bond motifs is 1. The highest BCUT2D eigenvalue weighted by Crippen LogP contribution is 2.28. The molecule has 0 unspecified atom stereocenters. The predicted octanol–water partition coefficient (Wildman–Crippen LogP) is 6.18. The molecular formula is C29H24Cl2FN3O4S. The summed E-state index contributed by atoms with van der Waals surface area (Å²) >= 11 is 13.4. The second-order valence-electron chi connectivity index (χ2n) is 8.46. The van der Waals surface area contributed by atoms with E-state index in [1.165, 1.54) is 42.2 Å². The third-order valence-corrected chi connectivity index (χ3v) is 7.38. The minimum Gasteiger partial charge on any atom is -0.506 e. The molecule has 206 valence electrons. The van der Waals surface area contributed by atoms with Crippen molar-refractivity contribution in [3.05, 3.63) is 105 Å². The molecule has 11 heteroatoms. The summed E-state index contributed by atoms with van der Waals surface area (Å²) in [4.78, 5) is 24.6. The van der Waals surface area contributed by atoms with Crippen molar-refractivity contribution in [3.8, 4) is 11.5 Å². The number of benzene rings is 4. The van der Waals surface area contributed by atoms with Crippen LogP contribution in [-0.2, 0) is 10.5 Å². The molecule has 0 saturated carbocycles. The van der Waals surface area contributed by atoms with Gasteiger partial charge in [0.15, 0.2) is 6.61 Å². The van der Waals surface area contributed by atoms with Crippen LogP contribution in [0.5, 0.6) is 11.5 Å². The van der Waals surface area contributed by atoms with E-state index >= 15 is 0 Å². The molecule has 0 spiro atoms. The maximum Gasteiger partial charge on any atom is 0.271 e. The van der Waals surface area contributed by atoms with Crippen LogP contribution in [0.1, 0.15) is 21.5 Å². The van der Waals surface area contributed by atoms with E-state index in [4.69, 9.17) is 27.9 Å². The topological polar surface area (TPSA) is 100 Å². The summed E-state index contributed by atoms with van der Waals surface area (Å²) in [6.07, 6.45) is 1.50. The van der Waals surface area contributed by atoms with Gasteiger partial charge in [0.25, 0.3) is 11.8 Å². The lowest BCUT2D eigenvalue weighted by Gasteiger charge is -2.11. The molecule has 0 aromatic heterocycles. The zero-order valence-corrected chi connectivity index (χ0v) is 23.3. The summed E-state index contributed by atoms with van der Waals surface area (Å²) in [5.74, 6) is 0.298. The van der Waals surface area contributed by atoms with Gasteiger partial charge < -0.3 is 15.2 Å². The van der Waals surface area contributed by atoms with E-state index in [1.54, 1.807) is 24.3 Å². The quantitative estimate of drug-likeness (QED) is 0.108. The Bertz CT molecular complexity index is 1550. The minimum atomic E-state index is -0.483. The standard InChI is InChI=1S/C29H24Cl2FN3O4S/c30-23-6-3-7-25(32)22(23)17-40-13-12-33-28(37)16-39-27-11-9-19(20-4-1-2-5-21(20)27)15-34-35-29(38)18-8-10-26(36)24(31)14-18/h1-11,14-15,36H,12-13,16-17H2,(H,33,37)(H,35,38)/b34-15+. The molecule has 2 amide bonds. The molecule has 40 heavy (non-hydrogen) atoms. The van der Waals surface area contributed by atoms with E-state index in [1.807, 2.05) is 24.3 Å². The van der Waals surface area contributed by atoms with E-state index in [0.29, 0.717) is 34.4 Å². The number of rotatable bonds is 11. The van der Waals surface area contributed by atoms with Gasteiger partial charge in [-0.2, -0.15) is 16.9 Å². The molecule has 0 radical (unpaired) electrons. The summed E-state index contributed by atoms with van der Waals surface area (Å²) < 4.78 is 19.6. The number of hydrazone groups is 1. The molecule has 0 bridgehead atoms. The SMILES string of the molecule is O=C(COc1ccc(/C=N/NC(=O)c2ccc(O)c(Cl)c2)c2ccccc12)NCCSCc1c(F)cccc1Cl. The zero-order chi connectivity index (χ0) is 28.5. The predicted molar refractivity (Wildman–Crippen MR) is 158 cm³/mol. The zero-order valence-electron chi connectivity index (χ0n) is 21.0. The second-order valence-corrected chi connectivity index (χ2v) is 10.4. The van der Waals surface area contributed by atoms with Gasteiger partial charge in [0.2, 0.25) is 0 Å². The Morgan fingerprint density at radius 2 is 1.80 bits per heavy atom. The summed E-state index contributed by atoms with van der Waals surface area (Å²) in [7, 11) is 0. The van der Waals surface area contributed by atoms with Gasteiger partial charge in [-0.1, -0.05) is 53.5 Å². The van der Waals surface area contributed by atoms with E-state index in [9.17, 15) is 19.1 Å². The normalized spacial score (nSPS) is 11.1. The number of aromatic hydroxyl groups is 1. The van der Waals surface area contributed by atoms with Crippen molar-refractivity contribution in [3.63, 3.8) is 0 Å². The highest BCUT2D eigenvalue weighted by Gasteiger charge is 2.11. The Labute approximate surface area is 244 Å². The average molecular weight is 600 g/mol. The molecule has 0 heterocycles. The van der Waals surface area contributed by atoms with Crippen molar-refractivity contribution in [2.45, 2.75) is 5.75 Å². The monoisotopic (exact) mass is 599 g/mol. The lowest BCUT2D eigenvalue weighted by molar-refractivity contribution is -0.122. The number of carbonyl (C=O) groups excluding carboxylic acids is 2. The van der Waals surface area contributed by atoms with E-state index in [-0.39, 0.29) is 34.7 Å². The smallest absolute Gasteiger partial charge is 0.271 e. The van der Waals surface area contributed by atoms with Crippen LogP contribution in [0.2, 0.25) is 10.0 Å². The molecule has 3 N–H and O–H groups in total. The maximum absolute atomic E-state index is 13.8. The summed E-state index contributed by atoms with van der Waals surface area (Å²) in [5.41, 5.74) is 3.86. The van der Waals surface area contributed by atoms with Crippen LogP contribution in [0.15, 0.2) is 77.9 Å². The second kappa shape index (κ2) is 14.0. The molecule has 4 aromatic rings. The van der Waals surface area contributed by atoms with Crippen LogP contribution < -0.4 is 15.5 Å². The number of nitrogens with one attached hydrogen (secondary N) is 2. The summed E-state index contributed by atoms with van der Waals surface area (Å²) in [6.45, 7) is 0.226. The number of hydrogen-bond donors (Lipinski definition) is 3. The number of carbonyl (C=O) groups is 2. The van der Waals surface area contributed by atoms with Gasteiger partial charge >= 0.3 is 0 Å². The van der Waals surface area contributed by atoms with E-state index in [2.05, 4.69) is 15.8 Å². The molecule has 0 saturated heterocycles. The molecule has 0 aliphatic heterocycles. The number of halogens is 3. The fraction of sp³-hybridized carbons (Fsp3) is 0.138. The van der Waals surface area contributed by atoms with Crippen LogP contribution in [0.4, 0.5) is 4.39 Å². The van der Waals surface area contributed by atoms with Crippen LogP contribution >= 0.6 is 35.0 Å². The first-order chi connectivity index (χ1) is 19.3. The first kappa shape index (κ1) is 29.2. The first-order valence-corrected chi connectivity index (χ1v) is 14.0. The fourth-order valence-corrected chi connectivity index (χ4v) is 5.09. The highest BCUT2D eigenvalue weighted by atomic mass is 35.5. The first-order valence-electron chi connectivity index (χ1n) is 12.1. The van der Waals surface area contributed by atoms with Crippen molar-refractivity contribution in [1.29, 1.82) is 0 Å². The maximum atomic E-state index is 13.8. The number of nitrogens with zero attached hydrogens (tertiary/aromatic N) is 1. The van der Waals surface area contributed by atoms with Crippen molar-refractivity contribution in [1.82, 2.24) is 10.7 Å². The molecule has 7 nitrogen and oxygen atoms in total. The Kier molecular flexibility index (Phi) is 10.2. The Balaban J connectivity index is 1.29. The van der Waals surface area contributed by atoms with E-state index < -0.39 is 5.91 Å². The molecule has 0 atom stereocenters. The number of ether oxygens (including phenoxy) is 1. The Morgan fingerprint density at radius 3 is 2.58 bits per heavy atom. The van der Waals surface area contributed by atoms with Gasteiger partial charge in [-0.3, -0.25) is 9.59 Å². The van der Waals surface area contributed by atoms with Crippen LogP contribution in [0.3, 0.4) is 0 Å². The van der Waals surface area contributed by atoms with Crippen LogP contribution in [-0.4, -0.2) is 42.0 Å². The summed E-state index contributed by atoms with van der Waals surface area (Å²) in [5, 5.41) is 18.4. The average Bonchev–Trinajstić information content (AvgIpc) is 2.95. The number of phenols is 1. The molecule has 4 aromatic carbocycles. The number of amides is 2. The lowest BCUT2D eigenvalue weighted by atomic mass is 10.0. The van der Waals surface area contributed by atoms with Gasteiger partial charge in [0, 0.05) is 45.1 Å². The fourth-order valence-electron chi connectivity index (χ4n) is 3.71. The summed E-state index contributed by atoms with van der Waals surface area (Å²) in [6, 6.07) is 19.7.